The van der Waals surface area contributed by atoms with Gasteiger partial charge in [-0.2, -0.15) is 0 Å². The number of piperidine rings is 1. The summed E-state index contributed by atoms with van der Waals surface area (Å²) in [7, 11) is 1.83. The van der Waals surface area contributed by atoms with Crippen molar-refractivity contribution in [3.05, 3.63) is 0 Å². The number of carbonyl (C=O) groups excluding carboxylic acids is 1. The molecule has 1 fully saturated rings. The zero-order valence-corrected chi connectivity index (χ0v) is 15.0. The zero-order chi connectivity index (χ0) is 16.6. The molecule has 0 aromatic rings. The van der Waals surface area contributed by atoms with Crippen LogP contribution in [0.25, 0.3) is 0 Å². The minimum Gasteiger partial charge on any atom is -0.354 e. The molecule has 1 unspecified atom stereocenters. The van der Waals surface area contributed by atoms with Crippen molar-refractivity contribution in [3.63, 3.8) is 0 Å². The Morgan fingerprint density at radius 1 is 1.32 bits per heavy atom. The van der Waals surface area contributed by atoms with Crippen LogP contribution in [0.3, 0.4) is 0 Å². The molecule has 1 aliphatic rings. The number of hydrogen-bond donors (Lipinski definition) is 2. The van der Waals surface area contributed by atoms with Crippen LogP contribution in [0.1, 0.15) is 53.4 Å². The van der Waals surface area contributed by atoms with Crippen LogP contribution in [0.4, 0.5) is 0 Å². The predicted octanol–water partition coefficient (Wildman–Crippen LogP) is 2.24. The maximum absolute atomic E-state index is 11.5. The van der Waals surface area contributed by atoms with Gasteiger partial charge in [0.15, 0.2) is 5.96 Å². The van der Waals surface area contributed by atoms with Gasteiger partial charge >= 0.3 is 0 Å². The average molecular weight is 310 g/mol. The lowest BCUT2D eigenvalue weighted by Gasteiger charge is -2.42. The molecule has 0 aromatic carbocycles. The molecule has 0 radical (unpaired) electrons. The molecule has 0 aliphatic carbocycles. The fraction of sp³-hybridized carbons (Fsp3) is 0.882. The van der Waals surface area contributed by atoms with E-state index >= 15 is 0 Å². The van der Waals surface area contributed by atoms with Gasteiger partial charge in [0.05, 0.1) is 0 Å². The number of guanidine groups is 1. The lowest BCUT2D eigenvalue weighted by atomic mass is 9.78. The van der Waals surface area contributed by atoms with Crippen LogP contribution >= 0.6 is 0 Å². The molecule has 1 saturated heterocycles. The molecule has 0 saturated carbocycles. The number of carbonyl (C=O) groups is 1. The maximum Gasteiger partial charge on any atom is 0.222 e. The van der Waals surface area contributed by atoms with Crippen LogP contribution in [-0.2, 0) is 4.79 Å². The van der Waals surface area contributed by atoms with Gasteiger partial charge in [-0.05, 0) is 24.7 Å². The number of nitrogens with zero attached hydrogens (tertiary/aromatic N) is 2. The summed E-state index contributed by atoms with van der Waals surface area (Å²) in [4.78, 5) is 18.3. The van der Waals surface area contributed by atoms with Gasteiger partial charge in [-0.1, -0.05) is 34.1 Å². The Morgan fingerprint density at radius 2 is 2.00 bits per heavy atom. The number of nitrogens with one attached hydrogen (secondary N) is 2. The molecule has 1 rings (SSSR count). The molecule has 1 aliphatic heterocycles. The highest BCUT2D eigenvalue weighted by molar-refractivity contribution is 5.80. The molecule has 5 nitrogen and oxygen atoms in total. The molecule has 0 spiro atoms. The fourth-order valence-electron chi connectivity index (χ4n) is 3.20. The van der Waals surface area contributed by atoms with E-state index < -0.39 is 0 Å². The third kappa shape index (κ3) is 5.85. The highest BCUT2D eigenvalue weighted by Crippen LogP contribution is 2.33. The van der Waals surface area contributed by atoms with E-state index in [0.29, 0.717) is 18.5 Å². The summed E-state index contributed by atoms with van der Waals surface area (Å²) in [6.07, 6.45) is 5.03. The van der Waals surface area contributed by atoms with Gasteiger partial charge < -0.3 is 15.5 Å². The lowest BCUT2D eigenvalue weighted by Crippen LogP contribution is -2.51. The number of aliphatic imine (C=N–C) groups is 1. The minimum atomic E-state index is 0.0381. The summed E-state index contributed by atoms with van der Waals surface area (Å²) in [5.74, 6) is 1.10. The van der Waals surface area contributed by atoms with Crippen molar-refractivity contribution < 1.29 is 4.79 Å². The van der Waals surface area contributed by atoms with Gasteiger partial charge in [-0.15, -0.1) is 0 Å². The molecule has 0 bridgehead atoms. The maximum atomic E-state index is 11.5. The van der Waals surface area contributed by atoms with Crippen molar-refractivity contribution in [1.82, 2.24) is 15.5 Å². The van der Waals surface area contributed by atoms with Crippen LogP contribution < -0.4 is 10.6 Å². The Balaban J connectivity index is 2.42. The fourth-order valence-corrected chi connectivity index (χ4v) is 3.20. The number of rotatable bonds is 6. The van der Waals surface area contributed by atoms with Gasteiger partial charge in [0, 0.05) is 39.1 Å². The summed E-state index contributed by atoms with van der Waals surface area (Å²) >= 11 is 0. The Hall–Kier alpha value is -1.26. The first-order valence-corrected chi connectivity index (χ1v) is 8.65. The zero-order valence-electron chi connectivity index (χ0n) is 15.0. The van der Waals surface area contributed by atoms with E-state index in [4.69, 9.17) is 0 Å². The van der Waals surface area contributed by atoms with Crippen LogP contribution in [0.15, 0.2) is 4.99 Å². The topological polar surface area (TPSA) is 56.7 Å². The third-order valence-electron chi connectivity index (χ3n) is 4.38. The standard InChI is InChI=1S/C17H34N4O/c1-6-8-17(4)9-7-12-21(13-17)16(18-5)20-11-10-19-15(22)14(2)3/h14H,6-13H2,1-5H3,(H,18,20)(H,19,22). The van der Waals surface area contributed by atoms with E-state index in [-0.39, 0.29) is 11.8 Å². The molecule has 128 valence electrons. The van der Waals surface area contributed by atoms with Gasteiger partial charge in [-0.3, -0.25) is 9.79 Å². The molecular weight excluding hydrogens is 276 g/mol. The average Bonchev–Trinajstić information content (AvgIpc) is 2.46. The summed E-state index contributed by atoms with van der Waals surface area (Å²) in [5, 5.41) is 6.30. The lowest BCUT2D eigenvalue weighted by molar-refractivity contribution is -0.123. The highest BCUT2D eigenvalue weighted by Gasteiger charge is 2.31. The Kier molecular flexibility index (Phi) is 7.69. The van der Waals surface area contributed by atoms with Crippen molar-refractivity contribution in [3.8, 4) is 0 Å². The monoisotopic (exact) mass is 310 g/mol. The number of amides is 1. The molecule has 22 heavy (non-hydrogen) atoms. The highest BCUT2D eigenvalue weighted by atomic mass is 16.1. The summed E-state index contributed by atoms with van der Waals surface area (Å²) in [6, 6.07) is 0. The summed E-state index contributed by atoms with van der Waals surface area (Å²) < 4.78 is 0. The van der Waals surface area contributed by atoms with Crippen molar-refractivity contribution in [2.24, 2.45) is 16.3 Å². The Bertz CT molecular complexity index is 377. The second-order valence-electron chi connectivity index (χ2n) is 7.01. The van der Waals surface area contributed by atoms with Gasteiger partial charge in [0.1, 0.15) is 0 Å². The van der Waals surface area contributed by atoms with Crippen molar-refractivity contribution >= 4 is 11.9 Å². The van der Waals surface area contributed by atoms with Crippen molar-refractivity contribution in [2.45, 2.75) is 53.4 Å². The molecule has 1 heterocycles. The quantitative estimate of drug-likeness (QED) is 0.449. The van der Waals surface area contributed by atoms with Crippen molar-refractivity contribution in [2.75, 3.05) is 33.2 Å². The summed E-state index contributed by atoms with van der Waals surface area (Å²) in [5.41, 5.74) is 0.399. The molecular formula is C17H34N4O. The van der Waals surface area contributed by atoms with E-state index in [0.717, 1.165) is 19.0 Å². The first-order valence-electron chi connectivity index (χ1n) is 8.65. The van der Waals surface area contributed by atoms with Crippen molar-refractivity contribution in [1.29, 1.82) is 0 Å². The third-order valence-corrected chi connectivity index (χ3v) is 4.38. The van der Waals surface area contributed by atoms with E-state index in [2.05, 4.69) is 34.4 Å². The Morgan fingerprint density at radius 3 is 2.59 bits per heavy atom. The van der Waals surface area contributed by atoms with Gasteiger partial charge in [0.2, 0.25) is 5.91 Å². The van der Waals surface area contributed by atoms with E-state index in [9.17, 15) is 4.79 Å². The number of hydrogen-bond acceptors (Lipinski definition) is 2. The molecule has 2 N–H and O–H groups in total. The SMILES string of the molecule is CCCC1(C)CCCN(C(=NC)NCCNC(=O)C(C)C)C1. The van der Waals surface area contributed by atoms with Crippen LogP contribution in [0.2, 0.25) is 0 Å². The second-order valence-corrected chi connectivity index (χ2v) is 7.01. The predicted molar refractivity (Wildman–Crippen MR) is 93.0 cm³/mol. The summed E-state index contributed by atoms with van der Waals surface area (Å²) in [6.45, 7) is 11.9. The van der Waals surface area contributed by atoms with Gasteiger partial charge in [-0.25, -0.2) is 0 Å². The van der Waals surface area contributed by atoms with E-state index in [1.807, 2.05) is 20.9 Å². The van der Waals surface area contributed by atoms with Crippen LogP contribution in [-0.4, -0.2) is 50.0 Å². The van der Waals surface area contributed by atoms with E-state index in [1.165, 1.54) is 25.7 Å². The molecule has 5 heteroatoms. The van der Waals surface area contributed by atoms with Crippen LogP contribution in [0, 0.1) is 11.3 Å². The van der Waals surface area contributed by atoms with E-state index in [1.54, 1.807) is 0 Å². The van der Waals surface area contributed by atoms with Crippen LogP contribution in [0.5, 0.6) is 0 Å². The first-order chi connectivity index (χ1) is 10.4. The normalized spacial score (nSPS) is 22.8. The minimum absolute atomic E-state index is 0.0381. The Labute approximate surface area is 135 Å². The molecule has 0 aromatic heterocycles. The smallest absolute Gasteiger partial charge is 0.222 e. The first kappa shape index (κ1) is 18.8. The molecule has 1 amide bonds. The second kappa shape index (κ2) is 9.01. The van der Waals surface area contributed by atoms with Gasteiger partial charge in [0.25, 0.3) is 0 Å². The molecule has 1 atom stereocenters. The number of likely N-dealkylation sites (tertiary alicyclic amines) is 1. The largest absolute Gasteiger partial charge is 0.354 e.